The van der Waals surface area contributed by atoms with Gasteiger partial charge in [0.25, 0.3) is 0 Å². The van der Waals surface area contributed by atoms with Gasteiger partial charge in [0.05, 0.1) is 5.75 Å². The first kappa shape index (κ1) is 35.4. The fraction of sp³-hybridized carbons (Fsp3) is 0.949. The Balaban J connectivity index is 1.06. The van der Waals surface area contributed by atoms with Crippen LogP contribution < -0.4 is 0 Å². The van der Waals surface area contributed by atoms with Crippen LogP contribution in [0.25, 0.3) is 0 Å². The van der Waals surface area contributed by atoms with E-state index in [1.54, 1.807) is 10.4 Å². The van der Waals surface area contributed by atoms with Gasteiger partial charge in [0.1, 0.15) is 0 Å². The predicted molar refractivity (Wildman–Crippen MR) is 192 cm³/mol. The number of fused-ring (bicyclic) bond motifs is 2. The fourth-order valence-electron chi connectivity index (χ4n) is 11.5. The van der Waals surface area contributed by atoms with Crippen LogP contribution in [0.5, 0.6) is 0 Å². The maximum atomic E-state index is 13.0. The molecule has 0 amide bonds. The van der Waals surface area contributed by atoms with Gasteiger partial charge >= 0.3 is 0 Å². The van der Waals surface area contributed by atoms with E-state index in [0.29, 0.717) is 35.9 Å². The van der Waals surface area contributed by atoms with Crippen molar-refractivity contribution in [3.63, 3.8) is 0 Å². The Morgan fingerprint density at radius 3 is 2.04 bits per heavy atom. The summed E-state index contributed by atoms with van der Waals surface area (Å²) in [4.78, 5) is 8.67. The smallest absolute Gasteiger partial charge is 0.214 e. The van der Waals surface area contributed by atoms with Crippen LogP contribution in [-0.4, -0.2) is 102 Å². The van der Waals surface area contributed by atoms with Crippen LogP contribution in [0, 0.1) is 33.5 Å². The van der Waals surface area contributed by atoms with Crippen molar-refractivity contribution in [2.24, 2.45) is 33.5 Å². The van der Waals surface area contributed by atoms with E-state index < -0.39 is 10.0 Å². The molecule has 7 heteroatoms. The maximum absolute atomic E-state index is 13.0. The maximum Gasteiger partial charge on any atom is 0.214 e. The highest BCUT2D eigenvalue weighted by atomic mass is 32.2. The zero-order chi connectivity index (χ0) is 33.9. The first-order valence-corrected chi connectivity index (χ1v) is 20.6. The van der Waals surface area contributed by atoms with E-state index in [1.807, 2.05) is 7.05 Å². The molecular formula is C39H70N4O2S. The lowest BCUT2D eigenvalue weighted by molar-refractivity contribution is 0.0139. The van der Waals surface area contributed by atoms with Gasteiger partial charge in [-0.2, -0.15) is 0 Å². The molecule has 0 aromatic heterocycles. The molecule has 0 aromatic rings. The average molecular weight is 659 g/mol. The Morgan fingerprint density at radius 1 is 0.891 bits per heavy atom. The first-order chi connectivity index (χ1) is 21.1. The molecule has 7 atom stereocenters. The van der Waals surface area contributed by atoms with E-state index in [4.69, 9.17) is 0 Å². The summed E-state index contributed by atoms with van der Waals surface area (Å²) in [7, 11) is -1.44. The Hall–Kier alpha value is -0.470. The third-order valence-electron chi connectivity index (χ3n) is 14.2. The highest BCUT2D eigenvalue weighted by Crippen LogP contribution is 2.68. The lowest BCUT2D eigenvalue weighted by atomic mass is 9.79. The summed E-state index contributed by atoms with van der Waals surface area (Å²) in [5, 5.41) is 0. The van der Waals surface area contributed by atoms with Crippen LogP contribution in [-0.2, 0) is 10.0 Å². The second kappa shape index (κ2) is 11.3. The van der Waals surface area contributed by atoms with E-state index >= 15 is 0 Å². The number of hydrogen-bond donors (Lipinski definition) is 0. The number of nitrogens with zero attached hydrogens (tertiary/aromatic N) is 4. The highest BCUT2D eigenvalue weighted by molar-refractivity contribution is 7.89. The Kier molecular flexibility index (Phi) is 8.66. The summed E-state index contributed by atoms with van der Waals surface area (Å²) in [6, 6.07) is 2.52. The van der Waals surface area contributed by atoms with Gasteiger partial charge in [-0.3, -0.25) is 9.80 Å². The summed E-state index contributed by atoms with van der Waals surface area (Å²) in [5.74, 6) is 1.73. The lowest BCUT2D eigenvalue weighted by Gasteiger charge is -2.47. The molecule has 3 saturated carbocycles. The average Bonchev–Trinajstić information content (AvgIpc) is 3.86. The normalized spacial score (nSPS) is 38.1. The van der Waals surface area contributed by atoms with Gasteiger partial charge in [0.15, 0.2) is 0 Å². The van der Waals surface area contributed by atoms with Gasteiger partial charge < -0.3 is 4.90 Å². The molecule has 6 rings (SSSR count). The molecule has 3 aliphatic heterocycles. The summed E-state index contributed by atoms with van der Waals surface area (Å²) in [5.41, 5.74) is 1.78. The summed E-state index contributed by atoms with van der Waals surface area (Å²) in [6.45, 7) is 32.7. The Labute approximate surface area is 284 Å². The van der Waals surface area contributed by atoms with Crippen molar-refractivity contribution >= 4 is 10.0 Å². The van der Waals surface area contributed by atoms with Crippen LogP contribution in [0.15, 0.2) is 12.7 Å². The molecule has 0 N–H and O–H groups in total. The zero-order valence-corrected chi connectivity index (χ0v) is 32.5. The van der Waals surface area contributed by atoms with Crippen LogP contribution in [0.1, 0.15) is 127 Å². The summed E-state index contributed by atoms with van der Waals surface area (Å²) in [6.07, 6.45) is 12.8. The number of hydrogen-bond acceptors (Lipinski definition) is 5. The predicted octanol–water partition coefficient (Wildman–Crippen LogP) is 7.26. The van der Waals surface area contributed by atoms with Crippen molar-refractivity contribution in [2.45, 2.75) is 162 Å². The van der Waals surface area contributed by atoms with Crippen molar-refractivity contribution < 1.29 is 8.42 Å². The second-order valence-corrected chi connectivity index (χ2v) is 22.7. The number of piperidine rings is 3. The van der Waals surface area contributed by atoms with E-state index in [2.05, 4.69) is 90.5 Å². The minimum absolute atomic E-state index is 0.106. The van der Waals surface area contributed by atoms with Crippen molar-refractivity contribution in [1.29, 1.82) is 0 Å². The van der Waals surface area contributed by atoms with E-state index in [0.717, 1.165) is 36.8 Å². The van der Waals surface area contributed by atoms with Crippen LogP contribution in [0.2, 0.25) is 0 Å². The second-order valence-electron chi connectivity index (χ2n) is 20.5. The van der Waals surface area contributed by atoms with Crippen LogP contribution in [0.4, 0.5) is 0 Å². The van der Waals surface area contributed by atoms with Gasteiger partial charge in [-0.1, -0.05) is 40.7 Å². The van der Waals surface area contributed by atoms with Crippen molar-refractivity contribution in [3.8, 4) is 0 Å². The SMILES string of the molecule is C=CCCS(=O)(=O)N(C)C[C@@]12CC(C(C)(C)C)N(C(C)(C)CC3CC34CCN(CC35CC(C(C)C)N(C(C)(C)C)C3C5)CC4)C1C2. The Bertz CT molecular complexity index is 1270. The van der Waals surface area contributed by atoms with Crippen molar-refractivity contribution in [1.82, 2.24) is 19.0 Å². The number of allylic oxidation sites excluding steroid dienone is 1. The molecule has 46 heavy (non-hydrogen) atoms. The minimum atomic E-state index is -3.25. The van der Waals surface area contributed by atoms with E-state index in [1.165, 1.54) is 58.2 Å². The molecule has 0 aromatic carbocycles. The molecule has 0 bridgehead atoms. The van der Waals surface area contributed by atoms with Gasteiger partial charge in [-0.15, -0.1) is 6.58 Å². The number of rotatable bonds is 12. The van der Waals surface area contributed by atoms with Crippen molar-refractivity contribution in [2.75, 3.05) is 39.0 Å². The Morgan fingerprint density at radius 2 is 1.50 bits per heavy atom. The number of sulfonamides is 1. The van der Waals surface area contributed by atoms with E-state index in [-0.39, 0.29) is 27.7 Å². The molecule has 6 nitrogen and oxygen atoms in total. The van der Waals surface area contributed by atoms with Gasteiger partial charge in [0, 0.05) is 66.2 Å². The lowest BCUT2D eigenvalue weighted by Crippen LogP contribution is -2.53. The van der Waals surface area contributed by atoms with Crippen LogP contribution in [0.3, 0.4) is 0 Å². The van der Waals surface area contributed by atoms with Gasteiger partial charge in [0.2, 0.25) is 10.0 Å². The summed E-state index contributed by atoms with van der Waals surface area (Å²) < 4.78 is 27.7. The summed E-state index contributed by atoms with van der Waals surface area (Å²) >= 11 is 0. The third-order valence-corrected chi connectivity index (χ3v) is 16.0. The third kappa shape index (κ3) is 6.22. The molecule has 3 saturated heterocycles. The molecular weight excluding hydrogens is 589 g/mol. The first-order valence-electron chi connectivity index (χ1n) is 18.9. The van der Waals surface area contributed by atoms with Gasteiger partial charge in [-0.25, -0.2) is 12.7 Å². The monoisotopic (exact) mass is 659 g/mol. The molecule has 6 unspecified atom stereocenters. The molecule has 3 heterocycles. The molecule has 0 radical (unpaired) electrons. The van der Waals surface area contributed by atoms with E-state index in [9.17, 15) is 8.42 Å². The largest absolute Gasteiger partial charge is 0.303 e. The molecule has 264 valence electrons. The highest BCUT2D eigenvalue weighted by Gasteiger charge is 2.70. The van der Waals surface area contributed by atoms with Crippen LogP contribution >= 0.6 is 0 Å². The standard InChI is InChI=1S/C39H70N4O2S/c1-13-14-19-46(44,45)40(12)26-39-23-31(34(4,5)6)43(33(39)25-39)36(10,11)20-29-21-37(29)15-17-41(18-16-37)27-38-22-30(28(2)3)42(32(38)24-38)35(7,8)9/h13,28-33H,1,14-27H2,2-12H3/t29?,30?,31?,32?,33?,38?,39-/m0/s1. The molecule has 3 aliphatic carbocycles. The zero-order valence-electron chi connectivity index (χ0n) is 31.7. The quantitative estimate of drug-likeness (QED) is 0.207. The topological polar surface area (TPSA) is 47.1 Å². The number of likely N-dealkylation sites (tertiary alicyclic amines) is 3. The fourth-order valence-corrected chi connectivity index (χ4v) is 12.7. The molecule has 6 fully saturated rings. The van der Waals surface area contributed by atoms with Crippen molar-refractivity contribution in [3.05, 3.63) is 12.7 Å². The minimum Gasteiger partial charge on any atom is -0.303 e. The molecule has 6 aliphatic rings. The van der Waals surface area contributed by atoms with Gasteiger partial charge in [-0.05, 0) is 128 Å². The molecule has 1 spiro atoms.